The van der Waals surface area contributed by atoms with Crippen molar-refractivity contribution in [3.05, 3.63) is 64.4 Å². The molecule has 0 spiro atoms. The standard InChI is InChI=1S/C19H19ClN6/c1-11-12(2)22-18(13-7-4-5-9-15(13)20)23-16(11)24-19-14-8-6-10-21-17(14)25-26(19)3/h4-10,19H,1-3H3,(H,21,25)(H,22,23,24). The van der Waals surface area contributed by atoms with E-state index in [1.165, 1.54) is 0 Å². The molecule has 0 amide bonds. The van der Waals surface area contributed by atoms with Gasteiger partial charge in [0.2, 0.25) is 0 Å². The van der Waals surface area contributed by atoms with E-state index in [4.69, 9.17) is 16.6 Å². The number of benzene rings is 1. The molecule has 6 nitrogen and oxygen atoms in total. The first-order valence-electron chi connectivity index (χ1n) is 8.35. The van der Waals surface area contributed by atoms with Crippen LogP contribution in [0.5, 0.6) is 0 Å². The molecule has 0 radical (unpaired) electrons. The van der Waals surface area contributed by atoms with E-state index in [-0.39, 0.29) is 6.17 Å². The van der Waals surface area contributed by atoms with Crippen LogP contribution in [0, 0.1) is 13.8 Å². The van der Waals surface area contributed by atoms with E-state index in [0.717, 1.165) is 34.0 Å². The molecule has 0 saturated heterocycles. The average molecular weight is 367 g/mol. The predicted molar refractivity (Wildman–Crippen MR) is 104 cm³/mol. The van der Waals surface area contributed by atoms with E-state index >= 15 is 0 Å². The topological polar surface area (TPSA) is 66.0 Å². The molecule has 1 aliphatic heterocycles. The first kappa shape index (κ1) is 16.8. The number of aromatic nitrogens is 3. The molecule has 3 heterocycles. The van der Waals surface area contributed by atoms with Crippen molar-refractivity contribution in [1.82, 2.24) is 20.0 Å². The highest BCUT2D eigenvalue weighted by molar-refractivity contribution is 6.33. The van der Waals surface area contributed by atoms with Crippen molar-refractivity contribution in [1.29, 1.82) is 0 Å². The molecule has 2 N–H and O–H groups in total. The number of nitrogens with one attached hydrogen (secondary N) is 2. The summed E-state index contributed by atoms with van der Waals surface area (Å²) >= 11 is 6.34. The molecule has 1 atom stereocenters. The first-order valence-corrected chi connectivity index (χ1v) is 8.73. The van der Waals surface area contributed by atoms with Crippen molar-refractivity contribution in [2.45, 2.75) is 20.0 Å². The molecule has 7 heteroatoms. The second-order valence-electron chi connectivity index (χ2n) is 6.30. The Morgan fingerprint density at radius 2 is 1.92 bits per heavy atom. The van der Waals surface area contributed by atoms with Crippen molar-refractivity contribution in [3.8, 4) is 11.4 Å². The Labute approximate surface area is 157 Å². The minimum Gasteiger partial charge on any atom is -0.349 e. The first-order chi connectivity index (χ1) is 12.5. The van der Waals surface area contributed by atoms with Crippen molar-refractivity contribution in [3.63, 3.8) is 0 Å². The molecule has 4 rings (SSSR count). The Balaban J connectivity index is 1.75. The van der Waals surface area contributed by atoms with E-state index in [1.807, 2.05) is 56.2 Å². The Morgan fingerprint density at radius 3 is 2.73 bits per heavy atom. The molecule has 0 aliphatic carbocycles. The van der Waals surface area contributed by atoms with Gasteiger partial charge in [-0.3, -0.25) is 0 Å². The number of pyridine rings is 1. The zero-order valence-corrected chi connectivity index (χ0v) is 15.5. The molecule has 0 saturated carbocycles. The smallest absolute Gasteiger partial charge is 0.163 e. The molecule has 3 aromatic rings. The highest BCUT2D eigenvalue weighted by atomic mass is 35.5. The van der Waals surface area contributed by atoms with Crippen molar-refractivity contribution in [2.24, 2.45) is 0 Å². The van der Waals surface area contributed by atoms with Gasteiger partial charge in [0.05, 0.1) is 5.02 Å². The van der Waals surface area contributed by atoms with E-state index in [9.17, 15) is 0 Å². The van der Waals surface area contributed by atoms with Gasteiger partial charge in [0.1, 0.15) is 17.8 Å². The lowest BCUT2D eigenvalue weighted by atomic mass is 10.1. The van der Waals surface area contributed by atoms with Gasteiger partial charge in [0.15, 0.2) is 5.82 Å². The van der Waals surface area contributed by atoms with E-state index in [0.29, 0.717) is 10.8 Å². The Hall–Kier alpha value is -2.70. The van der Waals surface area contributed by atoms with E-state index in [1.54, 1.807) is 6.20 Å². The molecule has 0 bridgehead atoms. The molecule has 1 aromatic carbocycles. The minimum atomic E-state index is -0.0780. The molecule has 1 aliphatic rings. The second kappa shape index (κ2) is 6.55. The quantitative estimate of drug-likeness (QED) is 0.724. The van der Waals surface area contributed by atoms with Crippen LogP contribution in [0.4, 0.5) is 11.6 Å². The van der Waals surface area contributed by atoms with Gasteiger partial charge in [-0.1, -0.05) is 29.8 Å². The van der Waals surface area contributed by atoms with E-state index in [2.05, 4.69) is 26.8 Å². The zero-order chi connectivity index (χ0) is 18.3. The third-order valence-corrected chi connectivity index (χ3v) is 4.91. The van der Waals surface area contributed by atoms with Crippen molar-refractivity contribution in [2.75, 3.05) is 17.8 Å². The normalized spacial score (nSPS) is 16.2. The van der Waals surface area contributed by atoms with Crippen LogP contribution in [0.15, 0.2) is 42.6 Å². The minimum absolute atomic E-state index is 0.0780. The highest BCUT2D eigenvalue weighted by Gasteiger charge is 2.29. The largest absolute Gasteiger partial charge is 0.349 e. The number of rotatable bonds is 3. The maximum absolute atomic E-state index is 6.34. The number of halogens is 1. The van der Waals surface area contributed by atoms with Gasteiger partial charge in [-0.2, -0.15) is 5.01 Å². The molecular weight excluding hydrogens is 348 g/mol. The zero-order valence-electron chi connectivity index (χ0n) is 14.8. The van der Waals surface area contributed by atoms with Crippen LogP contribution >= 0.6 is 11.6 Å². The van der Waals surface area contributed by atoms with Crippen LogP contribution in [0.3, 0.4) is 0 Å². The molecular formula is C19H19ClN6. The predicted octanol–water partition coefficient (Wildman–Crippen LogP) is 4.19. The lowest BCUT2D eigenvalue weighted by Gasteiger charge is -2.23. The number of hydrazine groups is 1. The molecule has 132 valence electrons. The third kappa shape index (κ3) is 2.87. The van der Waals surface area contributed by atoms with Crippen molar-refractivity contribution >= 4 is 23.2 Å². The Bertz CT molecular complexity index is 974. The van der Waals surface area contributed by atoms with Gasteiger partial charge in [-0.25, -0.2) is 15.0 Å². The fourth-order valence-electron chi connectivity index (χ4n) is 3.01. The van der Waals surface area contributed by atoms with Gasteiger partial charge in [0, 0.05) is 35.6 Å². The highest BCUT2D eigenvalue weighted by Crippen LogP contribution is 2.34. The van der Waals surface area contributed by atoms with Crippen molar-refractivity contribution < 1.29 is 0 Å². The van der Waals surface area contributed by atoms with Gasteiger partial charge in [-0.05, 0) is 32.0 Å². The summed E-state index contributed by atoms with van der Waals surface area (Å²) in [5, 5.41) is 6.13. The summed E-state index contributed by atoms with van der Waals surface area (Å²) in [5.41, 5.74) is 7.07. The van der Waals surface area contributed by atoms with Gasteiger partial charge in [-0.15, -0.1) is 0 Å². The summed E-state index contributed by atoms with van der Waals surface area (Å²) in [6.45, 7) is 4.00. The number of hydrogen-bond donors (Lipinski definition) is 2. The lowest BCUT2D eigenvalue weighted by Crippen LogP contribution is -2.29. The summed E-state index contributed by atoms with van der Waals surface area (Å²) in [5.74, 6) is 2.24. The summed E-state index contributed by atoms with van der Waals surface area (Å²) in [4.78, 5) is 13.8. The molecule has 1 unspecified atom stereocenters. The molecule has 0 fully saturated rings. The van der Waals surface area contributed by atoms with Crippen LogP contribution < -0.4 is 10.7 Å². The number of hydrogen-bond acceptors (Lipinski definition) is 6. The number of aryl methyl sites for hydroxylation is 1. The number of nitrogens with zero attached hydrogens (tertiary/aromatic N) is 4. The fraction of sp³-hybridized carbons (Fsp3) is 0.211. The fourth-order valence-corrected chi connectivity index (χ4v) is 3.23. The maximum atomic E-state index is 6.34. The number of fused-ring (bicyclic) bond motifs is 1. The van der Waals surface area contributed by atoms with Gasteiger partial charge >= 0.3 is 0 Å². The second-order valence-corrected chi connectivity index (χ2v) is 6.70. The Morgan fingerprint density at radius 1 is 1.12 bits per heavy atom. The maximum Gasteiger partial charge on any atom is 0.163 e. The lowest BCUT2D eigenvalue weighted by molar-refractivity contribution is 0.349. The molecule has 26 heavy (non-hydrogen) atoms. The van der Waals surface area contributed by atoms with Crippen LogP contribution in [-0.4, -0.2) is 27.0 Å². The summed E-state index contributed by atoms with van der Waals surface area (Å²) in [6, 6.07) is 11.6. The Kier molecular flexibility index (Phi) is 4.22. The average Bonchev–Trinajstić information content (AvgIpc) is 2.95. The van der Waals surface area contributed by atoms with Crippen LogP contribution in [0.2, 0.25) is 5.02 Å². The van der Waals surface area contributed by atoms with E-state index < -0.39 is 0 Å². The van der Waals surface area contributed by atoms with Gasteiger partial charge < -0.3 is 10.7 Å². The van der Waals surface area contributed by atoms with Gasteiger partial charge in [0.25, 0.3) is 0 Å². The number of anilines is 2. The molecule has 2 aromatic heterocycles. The monoisotopic (exact) mass is 366 g/mol. The summed E-state index contributed by atoms with van der Waals surface area (Å²) in [7, 11) is 1.97. The van der Waals surface area contributed by atoms with Crippen LogP contribution in [0.25, 0.3) is 11.4 Å². The van der Waals surface area contributed by atoms with Crippen LogP contribution in [-0.2, 0) is 0 Å². The summed E-state index contributed by atoms with van der Waals surface area (Å²) in [6.07, 6.45) is 1.70. The SMILES string of the molecule is Cc1nc(-c2ccccc2Cl)nc(NC2c3cccnc3NN2C)c1C. The van der Waals surface area contributed by atoms with Crippen LogP contribution in [0.1, 0.15) is 23.0 Å². The third-order valence-electron chi connectivity index (χ3n) is 4.58. The summed E-state index contributed by atoms with van der Waals surface area (Å²) < 4.78 is 0.